The SMILES string of the molecule is NCC1(NC(=O)O)CCCC1. The minimum Gasteiger partial charge on any atom is -0.465 e. The zero-order valence-corrected chi connectivity index (χ0v) is 6.47. The van der Waals surface area contributed by atoms with E-state index in [1.165, 1.54) is 0 Å². The van der Waals surface area contributed by atoms with Gasteiger partial charge in [-0.2, -0.15) is 0 Å². The average molecular weight is 158 g/mol. The lowest BCUT2D eigenvalue weighted by atomic mass is 9.98. The number of carboxylic acid groups (broad SMARTS) is 1. The van der Waals surface area contributed by atoms with Crippen LogP contribution in [0.1, 0.15) is 25.7 Å². The van der Waals surface area contributed by atoms with Gasteiger partial charge in [-0.3, -0.25) is 0 Å². The molecule has 0 aromatic heterocycles. The van der Waals surface area contributed by atoms with Gasteiger partial charge in [0.05, 0.1) is 5.54 Å². The first-order valence-electron chi connectivity index (χ1n) is 3.90. The standard InChI is InChI=1S/C7H14N2O2/c8-5-7(9-6(10)11)3-1-2-4-7/h9H,1-5,8H2,(H,10,11). The van der Waals surface area contributed by atoms with E-state index in [4.69, 9.17) is 10.8 Å². The van der Waals surface area contributed by atoms with Crippen LogP contribution in [0.2, 0.25) is 0 Å². The first-order chi connectivity index (χ1) is 5.18. The number of carbonyl (C=O) groups is 1. The van der Waals surface area contributed by atoms with Gasteiger partial charge < -0.3 is 16.2 Å². The van der Waals surface area contributed by atoms with E-state index in [9.17, 15) is 4.79 Å². The van der Waals surface area contributed by atoms with Crippen molar-refractivity contribution in [3.05, 3.63) is 0 Å². The molecule has 1 fully saturated rings. The van der Waals surface area contributed by atoms with Gasteiger partial charge >= 0.3 is 6.09 Å². The maximum atomic E-state index is 10.4. The van der Waals surface area contributed by atoms with Crippen LogP contribution in [0.3, 0.4) is 0 Å². The minimum atomic E-state index is -0.961. The summed E-state index contributed by atoms with van der Waals surface area (Å²) in [4.78, 5) is 10.4. The van der Waals surface area contributed by atoms with Crippen molar-refractivity contribution in [2.75, 3.05) is 6.54 Å². The van der Waals surface area contributed by atoms with E-state index in [1.54, 1.807) is 0 Å². The Morgan fingerprint density at radius 1 is 1.55 bits per heavy atom. The van der Waals surface area contributed by atoms with E-state index in [1.807, 2.05) is 0 Å². The third-order valence-corrected chi connectivity index (χ3v) is 2.32. The lowest BCUT2D eigenvalue weighted by molar-refractivity contribution is 0.178. The summed E-state index contributed by atoms with van der Waals surface area (Å²) in [7, 11) is 0. The second-order valence-corrected chi connectivity index (χ2v) is 3.12. The first kappa shape index (κ1) is 8.33. The van der Waals surface area contributed by atoms with Crippen molar-refractivity contribution >= 4 is 6.09 Å². The third-order valence-electron chi connectivity index (χ3n) is 2.32. The van der Waals surface area contributed by atoms with Crippen LogP contribution in [0.25, 0.3) is 0 Å². The number of amides is 1. The summed E-state index contributed by atoms with van der Waals surface area (Å²) in [6.45, 7) is 0.416. The van der Waals surface area contributed by atoms with Crippen molar-refractivity contribution in [3.63, 3.8) is 0 Å². The van der Waals surface area contributed by atoms with E-state index < -0.39 is 6.09 Å². The molecule has 1 aliphatic carbocycles. The summed E-state index contributed by atoms with van der Waals surface area (Å²) in [5.74, 6) is 0. The van der Waals surface area contributed by atoms with Gasteiger partial charge in [0, 0.05) is 6.54 Å². The van der Waals surface area contributed by atoms with Crippen molar-refractivity contribution in [2.24, 2.45) is 5.73 Å². The first-order valence-corrected chi connectivity index (χ1v) is 3.90. The van der Waals surface area contributed by atoms with Gasteiger partial charge in [-0.05, 0) is 12.8 Å². The van der Waals surface area contributed by atoms with Gasteiger partial charge in [-0.1, -0.05) is 12.8 Å². The zero-order chi connectivity index (χ0) is 8.32. The molecule has 0 radical (unpaired) electrons. The monoisotopic (exact) mass is 158 g/mol. The fourth-order valence-corrected chi connectivity index (χ4v) is 1.66. The Morgan fingerprint density at radius 2 is 2.09 bits per heavy atom. The zero-order valence-electron chi connectivity index (χ0n) is 6.47. The average Bonchev–Trinajstić information content (AvgIpc) is 2.36. The maximum Gasteiger partial charge on any atom is 0.405 e. The molecule has 4 nitrogen and oxygen atoms in total. The molecule has 4 N–H and O–H groups in total. The summed E-state index contributed by atoms with van der Waals surface area (Å²) in [5, 5.41) is 11.0. The molecule has 11 heavy (non-hydrogen) atoms. The Bertz CT molecular complexity index is 153. The van der Waals surface area contributed by atoms with Crippen LogP contribution in [0, 0.1) is 0 Å². The van der Waals surface area contributed by atoms with E-state index in [0.717, 1.165) is 25.7 Å². The second-order valence-electron chi connectivity index (χ2n) is 3.12. The smallest absolute Gasteiger partial charge is 0.405 e. The Hall–Kier alpha value is -0.770. The highest BCUT2D eigenvalue weighted by Crippen LogP contribution is 2.28. The van der Waals surface area contributed by atoms with Gasteiger partial charge in [0.25, 0.3) is 0 Å². The maximum absolute atomic E-state index is 10.4. The Kier molecular flexibility index (Phi) is 2.34. The molecule has 4 heteroatoms. The molecular formula is C7H14N2O2. The normalized spacial score (nSPS) is 21.5. The summed E-state index contributed by atoms with van der Waals surface area (Å²) in [6, 6.07) is 0. The van der Waals surface area contributed by atoms with Gasteiger partial charge in [-0.15, -0.1) is 0 Å². The number of nitrogens with two attached hydrogens (primary N) is 1. The van der Waals surface area contributed by atoms with Crippen LogP contribution in [-0.2, 0) is 0 Å². The molecule has 0 bridgehead atoms. The van der Waals surface area contributed by atoms with E-state index in [-0.39, 0.29) is 5.54 Å². The Labute approximate surface area is 65.8 Å². The van der Waals surface area contributed by atoms with E-state index in [0.29, 0.717) is 6.54 Å². The largest absolute Gasteiger partial charge is 0.465 e. The lowest BCUT2D eigenvalue weighted by Crippen LogP contribution is -2.51. The van der Waals surface area contributed by atoms with E-state index in [2.05, 4.69) is 5.32 Å². The molecule has 1 saturated carbocycles. The van der Waals surface area contributed by atoms with Gasteiger partial charge in [0.1, 0.15) is 0 Å². The minimum absolute atomic E-state index is 0.314. The number of hydrogen-bond acceptors (Lipinski definition) is 2. The Balaban J connectivity index is 2.52. The van der Waals surface area contributed by atoms with Crippen LogP contribution in [0.15, 0.2) is 0 Å². The van der Waals surface area contributed by atoms with Gasteiger partial charge in [-0.25, -0.2) is 4.79 Å². The van der Waals surface area contributed by atoms with Gasteiger partial charge in [0.2, 0.25) is 0 Å². The molecule has 0 saturated heterocycles. The summed E-state index contributed by atoms with van der Waals surface area (Å²) in [5.41, 5.74) is 5.18. The topological polar surface area (TPSA) is 75.3 Å². The predicted molar refractivity (Wildman–Crippen MR) is 41.4 cm³/mol. The van der Waals surface area contributed by atoms with Crippen LogP contribution < -0.4 is 11.1 Å². The van der Waals surface area contributed by atoms with Crippen LogP contribution in [-0.4, -0.2) is 23.3 Å². The number of hydrogen-bond donors (Lipinski definition) is 3. The van der Waals surface area contributed by atoms with Crippen molar-refractivity contribution in [2.45, 2.75) is 31.2 Å². The Morgan fingerprint density at radius 3 is 2.45 bits per heavy atom. The predicted octanol–water partition coefficient (Wildman–Crippen LogP) is 0.525. The molecule has 0 aromatic carbocycles. The fraction of sp³-hybridized carbons (Fsp3) is 0.857. The lowest BCUT2D eigenvalue weighted by Gasteiger charge is -2.26. The molecule has 0 atom stereocenters. The third kappa shape index (κ3) is 1.83. The van der Waals surface area contributed by atoms with Crippen LogP contribution >= 0.6 is 0 Å². The molecule has 1 aliphatic rings. The molecule has 0 aromatic rings. The molecule has 0 aliphatic heterocycles. The highest BCUT2D eigenvalue weighted by molar-refractivity contribution is 5.65. The van der Waals surface area contributed by atoms with Crippen molar-refractivity contribution in [3.8, 4) is 0 Å². The van der Waals surface area contributed by atoms with E-state index >= 15 is 0 Å². The number of rotatable bonds is 2. The second kappa shape index (κ2) is 3.09. The highest BCUT2D eigenvalue weighted by atomic mass is 16.4. The quantitative estimate of drug-likeness (QED) is 0.548. The molecule has 1 rings (SSSR count). The summed E-state index contributed by atoms with van der Waals surface area (Å²) in [6.07, 6.45) is 2.97. The molecule has 0 spiro atoms. The highest BCUT2D eigenvalue weighted by Gasteiger charge is 2.33. The molecule has 0 heterocycles. The summed E-state index contributed by atoms with van der Waals surface area (Å²) >= 11 is 0. The van der Waals surface area contributed by atoms with Crippen molar-refractivity contribution in [1.82, 2.24) is 5.32 Å². The van der Waals surface area contributed by atoms with Crippen molar-refractivity contribution < 1.29 is 9.90 Å². The van der Waals surface area contributed by atoms with Crippen LogP contribution in [0.5, 0.6) is 0 Å². The molecule has 0 unspecified atom stereocenters. The molecule has 64 valence electrons. The fourth-order valence-electron chi connectivity index (χ4n) is 1.66. The number of nitrogens with one attached hydrogen (secondary N) is 1. The molecule has 1 amide bonds. The van der Waals surface area contributed by atoms with Crippen LogP contribution in [0.4, 0.5) is 4.79 Å². The van der Waals surface area contributed by atoms with Gasteiger partial charge in [0.15, 0.2) is 0 Å². The summed E-state index contributed by atoms with van der Waals surface area (Å²) < 4.78 is 0. The van der Waals surface area contributed by atoms with Crippen molar-refractivity contribution in [1.29, 1.82) is 0 Å². The molecular weight excluding hydrogens is 144 g/mol.